The normalized spacial score (nSPS) is 17.1. The Morgan fingerprint density at radius 2 is 1.93 bits per heavy atom. The number of carbonyl (C=O) groups excluding carboxylic acids is 1. The van der Waals surface area contributed by atoms with Crippen LogP contribution in [0.4, 0.5) is 5.82 Å². The standard InChI is InChI=1S/C32H40N6O2/c1-7-24-13-25(15-33-24)37-29-9-8-22(14-34-29)23-11-26(30-20(5)17-38(18(2)3)28(30)12-23)31(39)35-16-27-19(4)10-21(6)36-32(27)40/h8-12,14,17-18,24-25,33H,7,13,15-16H2,1-6H3,(H,34,37)(H,35,39)(H,36,40). The molecule has 0 bridgehead atoms. The van der Waals surface area contributed by atoms with Crippen LogP contribution in [0, 0.1) is 20.8 Å². The van der Waals surface area contributed by atoms with Gasteiger partial charge in [-0.3, -0.25) is 9.59 Å². The molecule has 3 aromatic heterocycles. The number of rotatable bonds is 8. The first kappa shape index (κ1) is 27.6. The Bertz CT molecular complexity index is 1600. The third kappa shape index (κ3) is 5.54. The van der Waals surface area contributed by atoms with Crippen molar-refractivity contribution in [2.45, 2.75) is 79.1 Å². The van der Waals surface area contributed by atoms with Gasteiger partial charge in [0.25, 0.3) is 11.5 Å². The van der Waals surface area contributed by atoms with E-state index in [4.69, 9.17) is 4.98 Å². The molecule has 1 aliphatic heterocycles. The van der Waals surface area contributed by atoms with E-state index in [9.17, 15) is 9.59 Å². The molecule has 4 N–H and O–H groups in total. The maximum absolute atomic E-state index is 13.7. The summed E-state index contributed by atoms with van der Waals surface area (Å²) in [5, 5.41) is 11.0. The van der Waals surface area contributed by atoms with E-state index < -0.39 is 0 Å². The van der Waals surface area contributed by atoms with Crippen LogP contribution in [0.25, 0.3) is 22.0 Å². The third-order valence-electron chi connectivity index (χ3n) is 8.01. The van der Waals surface area contributed by atoms with Gasteiger partial charge in [-0.2, -0.15) is 0 Å². The molecule has 8 heteroatoms. The summed E-state index contributed by atoms with van der Waals surface area (Å²) in [6.07, 6.45) is 6.20. The fraction of sp³-hybridized carbons (Fsp3) is 0.406. The number of nitrogens with one attached hydrogen (secondary N) is 4. The number of anilines is 1. The molecule has 4 aromatic rings. The average molecular weight is 541 g/mol. The van der Waals surface area contributed by atoms with Gasteiger partial charge in [-0.1, -0.05) is 6.92 Å². The molecule has 4 heterocycles. The Morgan fingerprint density at radius 1 is 1.12 bits per heavy atom. The molecule has 0 radical (unpaired) electrons. The number of hydrogen-bond donors (Lipinski definition) is 4. The summed E-state index contributed by atoms with van der Waals surface area (Å²) >= 11 is 0. The average Bonchev–Trinajstić information content (AvgIpc) is 3.51. The Kier molecular flexibility index (Phi) is 7.81. The van der Waals surface area contributed by atoms with Crippen molar-refractivity contribution in [1.82, 2.24) is 25.2 Å². The molecule has 2 atom stereocenters. The Hall–Kier alpha value is -3.91. The van der Waals surface area contributed by atoms with Crippen LogP contribution in [0.2, 0.25) is 0 Å². The number of fused-ring (bicyclic) bond motifs is 1. The van der Waals surface area contributed by atoms with Crippen molar-refractivity contribution in [1.29, 1.82) is 0 Å². The highest BCUT2D eigenvalue weighted by molar-refractivity contribution is 6.09. The minimum Gasteiger partial charge on any atom is -0.366 e. The van der Waals surface area contributed by atoms with Crippen molar-refractivity contribution < 1.29 is 4.79 Å². The van der Waals surface area contributed by atoms with Crippen LogP contribution in [0.5, 0.6) is 0 Å². The highest BCUT2D eigenvalue weighted by atomic mass is 16.1. The minimum atomic E-state index is -0.207. The van der Waals surface area contributed by atoms with Crippen LogP contribution >= 0.6 is 0 Å². The SMILES string of the molecule is CCC1CC(Nc2ccc(-c3cc(C(=O)NCc4c(C)cc(C)[nH]c4=O)c4c(C)cn(C(C)C)c4c3)cn2)CN1. The van der Waals surface area contributed by atoms with E-state index in [0.29, 0.717) is 23.2 Å². The third-order valence-corrected chi connectivity index (χ3v) is 8.01. The summed E-state index contributed by atoms with van der Waals surface area (Å²) in [6, 6.07) is 11.2. The van der Waals surface area contributed by atoms with Gasteiger partial charge in [0.15, 0.2) is 0 Å². The Morgan fingerprint density at radius 3 is 2.58 bits per heavy atom. The molecule has 1 fully saturated rings. The first-order chi connectivity index (χ1) is 19.1. The molecule has 0 spiro atoms. The lowest BCUT2D eigenvalue weighted by Gasteiger charge is -2.15. The summed E-state index contributed by atoms with van der Waals surface area (Å²) in [5.74, 6) is 0.646. The Labute approximate surface area is 235 Å². The summed E-state index contributed by atoms with van der Waals surface area (Å²) in [6.45, 7) is 13.4. The summed E-state index contributed by atoms with van der Waals surface area (Å²) in [4.78, 5) is 33.7. The molecule has 5 rings (SSSR count). The van der Waals surface area contributed by atoms with Gasteiger partial charge < -0.3 is 25.5 Å². The fourth-order valence-corrected chi connectivity index (χ4v) is 5.82. The van der Waals surface area contributed by atoms with Crippen molar-refractivity contribution in [2.24, 2.45) is 0 Å². The van der Waals surface area contributed by atoms with Crippen LogP contribution in [0.15, 0.2) is 47.5 Å². The molecule has 0 saturated carbocycles. The number of aromatic nitrogens is 3. The van der Waals surface area contributed by atoms with E-state index in [2.05, 4.69) is 64.6 Å². The van der Waals surface area contributed by atoms with Gasteiger partial charge in [-0.15, -0.1) is 0 Å². The van der Waals surface area contributed by atoms with Crippen molar-refractivity contribution in [3.8, 4) is 11.1 Å². The lowest BCUT2D eigenvalue weighted by atomic mass is 9.98. The molecule has 2 unspecified atom stereocenters. The van der Waals surface area contributed by atoms with Crippen molar-refractivity contribution in [2.75, 3.05) is 11.9 Å². The van der Waals surface area contributed by atoms with Crippen LogP contribution in [-0.2, 0) is 6.54 Å². The number of H-pyrrole nitrogens is 1. The Balaban J connectivity index is 1.47. The smallest absolute Gasteiger partial charge is 0.253 e. The molecule has 1 aliphatic rings. The number of amides is 1. The second-order valence-corrected chi connectivity index (χ2v) is 11.4. The number of nitrogens with zero attached hydrogens (tertiary/aromatic N) is 2. The molecular formula is C32H40N6O2. The van der Waals surface area contributed by atoms with Gasteiger partial charge in [0, 0.05) is 76.9 Å². The van der Waals surface area contributed by atoms with Gasteiger partial charge in [-0.25, -0.2) is 4.98 Å². The highest BCUT2D eigenvalue weighted by Crippen LogP contribution is 2.33. The topological polar surface area (TPSA) is 104 Å². The number of pyridine rings is 2. The van der Waals surface area contributed by atoms with E-state index in [1.807, 2.05) is 45.2 Å². The first-order valence-electron chi connectivity index (χ1n) is 14.2. The minimum absolute atomic E-state index is 0.159. The second kappa shape index (κ2) is 11.3. The summed E-state index contributed by atoms with van der Waals surface area (Å²) < 4.78 is 2.21. The molecule has 210 valence electrons. The summed E-state index contributed by atoms with van der Waals surface area (Å²) in [5.41, 5.74) is 6.57. The van der Waals surface area contributed by atoms with Crippen LogP contribution in [0.3, 0.4) is 0 Å². The van der Waals surface area contributed by atoms with E-state index in [1.54, 1.807) is 0 Å². The molecule has 40 heavy (non-hydrogen) atoms. The van der Waals surface area contributed by atoms with E-state index >= 15 is 0 Å². The van der Waals surface area contributed by atoms with Crippen LogP contribution in [0.1, 0.15) is 72.4 Å². The number of aromatic amines is 1. The number of carbonyl (C=O) groups is 1. The van der Waals surface area contributed by atoms with Gasteiger partial charge in [0.1, 0.15) is 5.82 Å². The van der Waals surface area contributed by atoms with E-state index in [1.165, 1.54) is 0 Å². The summed E-state index contributed by atoms with van der Waals surface area (Å²) in [7, 11) is 0. The molecule has 1 amide bonds. The fourth-order valence-electron chi connectivity index (χ4n) is 5.82. The van der Waals surface area contributed by atoms with Gasteiger partial charge in [-0.05, 0) is 94.5 Å². The number of hydrogen-bond acceptors (Lipinski definition) is 5. The lowest BCUT2D eigenvalue weighted by molar-refractivity contribution is 0.0952. The van der Waals surface area contributed by atoms with Crippen molar-refractivity contribution in [3.63, 3.8) is 0 Å². The maximum Gasteiger partial charge on any atom is 0.253 e. The van der Waals surface area contributed by atoms with E-state index in [-0.39, 0.29) is 24.1 Å². The highest BCUT2D eigenvalue weighted by Gasteiger charge is 2.23. The second-order valence-electron chi connectivity index (χ2n) is 11.4. The van der Waals surface area contributed by atoms with Crippen molar-refractivity contribution in [3.05, 3.63) is 81.0 Å². The van der Waals surface area contributed by atoms with Crippen molar-refractivity contribution >= 4 is 22.6 Å². The van der Waals surface area contributed by atoms with Gasteiger partial charge in [0.2, 0.25) is 0 Å². The first-order valence-corrected chi connectivity index (χ1v) is 14.2. The number of benzene rings is 1. The molecule has 0 aliphatic carbocycles. The predicted molar refractivity (Wildman–Crippen MR) is 162 cm³/mol. The molecule has 1 aromatic carbocycles. The number of aryl methyl sites for hydroxylation is 3. The predicted octanol–water partition coefficient (Wildman–Crippen LogP) is 5.38. The van der Waals surface area contributed by atoms with E-state index in [0.717, 1.165) is 64.1 Å². The van der Waals surface area contributed by atoms with Gasteiger partial charge in [0.05, 0.1) is 0 Å². The molecular weight excluding hydrogens is 500 g/mol. The molecule has 1 saturated heterocycles. The van der Waals surface area contributed by atoms with Crippen LogP contribution in [-0.4, -0.2) is 39.1 Å². The maximum atomic E-state index is 13.7. The lowest BCUT2D eigenvalue weighted by Crippen LogP contribution is -2.28. The van der Waals surface area contributed by atoms with Crippen LogP contribution < -0.4 is 21.5 Å². The zero-order chi connectivity index (χ0) is 28.6. The zero-order valence-corrected chi connectivity index (χ0v) is 24.3. The monoisotopic (exact) mass is 540 g/mol. The van der Waals surface area contributed by atoms with Gasteiger partial charge >= 0.3 is 0 Å². The zero-order valence-electron chi connectivity index (χ0n) is 24.3. The molecule has 8 nitrogen and oxygen atoms in total. The quantitative estimate of drug-likeness (QED) is 0.240. The largest absolute Gasteiger partial charge is 0.366 e.